The van der Waals surface area contributed by atoms with Gasteiger partial charge in [0.2, 0.25) is 94.5 Å². The Hall–Kier alpha value is -12.0. The van der Waals surface area contributed by atoms with Crippen molar-refractivity contribution in [2.75, 3.05) is 6.61 Å². The molecule has 17 atom stereocenters. The van der Waals surface area contributed by atoms with Gasteiger partial charge in [-0.05, 0) is 83.6 Å². The van der Waals surface area contributed by atoms with Crippen LogP contribution in [0.4, 0.5) is 0 Å². The van der Waals surface area contributed by atoms with Gasteiger partial charge < -0.3 is 126 Å². The summed E-state index contributed by atoms with van der Waals surface area (Å²) in [4.78, 5) is 276. The van der Waals surface area contributed by atoms with E-state index in [2.05, 4.69) is 69.1 Å². The summed E-state index contributed by atoms with van der Waals surface area (Å²) < 4.78 is 0. The zero-order valence-electron chi connectivity index (χ0n) is 65.4. The molecule has 25 N–H and O–H groups in total. The van der Waals surface area contributed by atoms with Crippen molar-refractivity contribution in [3.8, 4) is 0 Å². The topological polar surface area (TPSA) is 727 Å². The summed E-state index contributed by atoms with van der Waals surface area (Å²) in [5, 5.41) is 113. The van der Waals surface area contributed by atoms with Crippen molar-refractivity contribution in [2.45, 2.75) is 250 Å². The first kappa shape index (κ1) is 101. The number of primary amides is 1. The van der Waals surface area contributed by atoms with E-state index in [1.54, 1.807) is 58.0 Å². The number of nitrogens with two attached hydrogens (primary N) is 1. The fourth-order valence-electron chi connectivity index (χ4n) is 10.7. The summed E-state index contributed by atoms with van der Waals surface area (Å²) in [5.41, 5.74) is 5.58. The summed E-state index contributed by atoms with van der Waals surface area (Å²) in [6.07, 6.45) is -10.8. The Morgan fingerprint density at radius 1 is 0.313 bits per heavy atom. The van der Waals surface area contributed by atoms with Gasteiger partial charge in [0.15, 0.2) is 0 Å². The number of aliphatic hydroxyl groups is 3. The van der Waals surface area contributed by atoms with Gasteiger partial charge in [0.25, 0.3) is 0 Å². The molecular weight excluding hydrogens is 1530 g/mol. The van der Waals surface area contributed by atoms with E-state index in [4.69, 9.17) is 5.73 Å². The number of nitrogens with one attached hydrogen (secondary N) is 15. The molecule has 0 unspecified atom stereocenters. The molecule has 0 heterocycles. The van der Waals surface area contributed by atoms with Crippen LogP contribution in [0.25, 0.3) is 0 Å². The smallest absolute Gasteiger partial charge is 0.305 e. The number of amides is 16. The van der Waals surface area contributed by atoms with Crippen LogP contribution in [0.15, 0.2) is 30.3 Å². The summed E-state index contributed by atoms with van der Waals surface area (Å²) in [6.45, 7) is 15.0. The third kappa shape index (κ3) is 38.4. The van der Waals surface area contributed by atoms with Gasteiger partial charge in [-0.15, -0.1) is 0 Å². The zero-order chi connectivity index (χ0) is 88.2. The van der Waals surface area contributed by atoms with E-state index in [9.17, 15) is 142 Å². The van der Waals surface area contributed by atoms with Crippen LogP contribution in [-0.2, 0) is 107 Å². The maximum atomic E-state index is 14.2. The van der Waals surface area contributed by atoms with Crippen LogP contribution >= 0.6 is 0 Å². The molecular formula is C70H108N16O29. The predicted octanol–water partition coefficient (Wildman–Crippen LogP) is -8.28. The lowest BCUT2D eigenvalue weighted by molar-refractivity contribution is -0.143. The maximum Gasteiger partial charge on any atom is 0.305 e. The number of carbonyl (C=O) groups is 21. The van der Waals surface area contributed by atoms with Gasteiger partial charge in [0, 0.05) is 19.8 Å². The Bertz CT molecular complexity index is 3640. The lowest BCUT2D eigenvalue weighted by Gasteiger charge is -2.29. The quantitative estimate of drug-likeness (QED) is 0.0288. The summed E-state index contributed by atoms with van der Waals surface area (Å²) in [7, 11) is 0. The molecule has 115 heavy (non-hydrogen) atoms. The van der Waals surface area contributed by atoms with E-state index in [1.165, 1.54) is 20.8 Å². The van der Waals surface area contributed by atoms with Gasteiger partial charge in [-0.25, -0.2) is 0 Å². The normalized spacial score (nSPS) is 15.5. The molecule has 0 bridgehead atoms. The zero-order valence-corrected chi connectivity index (χ0v) is 65.4. The highest BCUT2D eigenvalue weighted by atomic mass is 16.4. The third-order valence-corrected chi connectivity index (χ3v) is 16.5. The fraction of sp³-hybridized carbons (Fsp3) is 0.614. The second-order valence-corrected chi connectivity index (χ2v) is 28.4. The van der Waals surface area contributed by atoms with Gasteiger partial charge in [0.1, 0.15) is 90.6 Å². The second kappa shape index (κ2) is 49.5. The standard InChI is InChI=1S/C70H108N16O29/c1-29(2)20-40(61(106)73-33(8)59(104)84-48(28-87)56(71)101)83-70(115)55(36(11)89)86-68(113)47(27-53(99)100)82-63(108)41(21-30(3)4)77-57(102)32(7)72-60(105)39(18-19-49(91)92)76-62(107)42(22-31(5)6)79-66(111)46(26-52(97)98)81-65(110)45(25-51(95)96)78-58(103)34(9)74-69(114)54(35(10)88)85-67(112)43(23-38-16-14-13-15-17-38)80-64(109)44(24-50(93)94)75-37(12)90/h13-17,29-36,39-48,54-55,87-89H,18-28H2,1-12H3,(H2,71,101)(H,72,105)(H,73,106)(H,74,114)(H,75,90)(H,76,107)(H,77,102)(H,78,103)(H,79,111)(H,80,109)(H,81,110)(H,82,108)(H,83,115)(H,84,104)(H,85,112)(H,86,113)(H,91,92)(H,93,94)(H,95,96)(H,97,98)(H,99,100)/t32-,33-,34-,35+,36+,39-,40-,41-,42-,43-,44-,45-,46-,47-,48-,54-,55-/m0/s1. The van der Waals surface area contributed by atoms with Crippen LogP contribution in [0.2, 0.25) is 0 Å². The van der Waals surface area contributed by atoms with Crippen LogP contribution in [0.3, 0.4) is 0 Å². The molecule has 0 fully saturated rings. The molecule has 0 saturated heterocycles. The van der Waals surface area contributed by atoms with Crippen molar-refractivity contribution in [3.63, 3.8) is 0 Å². The Morgan fingerprint density at radius 2 is 0.574 bits per heavy atom. The van der Waals surface area contributed by atoms with Gasteiger partial charge >= 0.3 is 29.8 Å². The highest BCUT2D eigenvalue weighted by Gasteiger charge is 2.40. The fourth-order valence-corrected chi connectivity index (χ4v) is 10.7. The average Bonchev–Trinajstić information content (AvgIpc) is 0.850. The highest BCUT2D eigenvalue weighted by molar-refractivity contribution is 6.02. The number of benzene rings is 1. The SMILES string of the molecule is CC(=O)N[C@@H](CC(=O)O)C(=O)N[C@@H](Cc1ccccc1)C(=O)N[C@H](C(=O)N[C@@H](C)C(=O)N[C@@H](CC(=O)O)C(=O)N[C@@H](CC(=O)O)C(=O)N[C@@H](CC(C)C)C(=O)N[C@@H](CCC(=O)O)C(=O)N[C@@H](C)C(=O)N[C@@H](CC(C)C)C(=O)N[C@@H](CC(=O)O)C(=O)N[C@H](C(=O)N[C@@H](CC(C)C)C(=O)N[C@@H](C)C(=O)N[C@@H](CO)C(N)=O)[C@@H](C)O)[C@@H](C)O. The lowest BCUT2D eigenvalue weighted by atomic mass is 10.0. The van der Waals surface area contributed by atoms with Gasteiger partial charge in [0.05, 0.1) is 44.5 Å². The van der Waals surface area contributed by atoms with E-state index in [0.717, 1.165) is 34.6 Å². The summed E-state index contributed by atoms with van der Waals surface area (Å²) in [5.74, 6) is -28.8. The highest BCUT2D eigenvalue weighted by Crippen LogP contribution is 2.14. The monoisotopic (exact) mass is 1640 g/mol. The number of rotatable bonds is 52. The molecule has 642 valence electrons. The van der Waals surface area contributed by atoms with Crippen molar-refractivity contribution in [1.82, 2.24) is 79.8 Å². The Morgan fingerprint density at radius 3 is 0.904 bits per heavy atom. The van der Waals surface area contributed by atoms with Crippen molar-refractivity contribution >= 4 is 124 Å². The first-order chi connectivity index (χ1) is 53.4. The first-order valence-electron chi connectivity index (χ1n) is 36.3. The molecule has 0 aromatic heterocycles. The third-order valence-electron chi connectivity index (χ3n) is 16.5. The molecule has 1 rings (SSSR count). The van der Waals surface area contributed by atoms with Gasteiger partial charge in [-0.3, -0.25) is 101 Å². The molecule has 1 aromatic rings. The molecule has 0 aliphatic heterocycles. The number of hydrogen-bond donors (Lipinski definition) is 24. The number of hydrogen-bond acceptors (Lipinski definition) is 24. The average molecular weight is 1640 g/mol. The molecule has 45 heteroatoms. The maximum absolute atomic E-state index is 14.2. The predicted molar refractivity (Wildman–Crippen MR) is 396 cm³/mol. The Balaban J connectivity index is 3.49. The number of carboxylic acid groups (broad SMARTS) is 5. The van der Waals surface area contributed by atoms with Gasteiger partial charge in [-0.2, -0.15) is 0 Å². The Labute approximate surface area is 659 Å². The van der Waals surface area contributed by atoms with Crippen LogP contribution in [-0.4, -0.2) is 275 Å². The molecule has 1 aromatic carbocycles. The molecule has 0 saturated carbocycles. The number of aliphatic carboxylic acids is 5. The summed E-state index contributed by atoms with van der Waals surface area (Å²) in [6, 6.07) is -19.0. The van der Waals surface area contributed by atoms with E-state index in [-0.39, 0.29) is 31.6 Å². The second-order valence-electron chi connectivity index (χ2n) is 28.4. The van der Waals surface area contributed by atoms with Crippen LogP contribution in [0.1, 0.15) is 146 Å². The largest absolute Gasteiger partial charge is 0.481 e. The molecule has 0 aliphatic rings. The van der Waals surface area contributed by atoms with Crippen LogP contribution in [0, 0.1) is 17.8 Å². The van der Waals surface area contributed by atoms with Crippen molar-refractivity contribution in [1.29, 1.82) is 0 Å². The summed E-state index contributed by atoms with van der Waals surface area (Å²) >= 11 is 0. The minimum atomic E-state index is -2.22. The van der Waals surface area contributed by atoms with Crippen molar-refractivity contribution < 1.29 is 142 Å². The number of carbonyl (C=O) groups excluding carboxylic acids is 16. The minimum Gasteiger partial charge on any atom is -0.481 e. The molecule has 0 aliphatic carbocycles. The lowest BCUT2D eigenvalue weighted by Crippen LogP contribution is -2.62. The van der Waals surface area contributed by atoms with Crippen molar-refractivity contribution in [3.05, 3.63) is 35.9 Å². The molecule has 0 spiro atoms. The Kier molecular flexibility index (Phi) is 43.4. The molecule has 16 amide bonds. The number of carboxylic acids is 5. The van der Waals surface area contributed by atoms with E-state index in [0.29, 0.717) is 5.56 Å². The van der Waals surface area contributed by atoms with E-state index in [1.807, 2.05) is 10.6 Å². The minimum absolute atomic E-state index is 0.108. The molecule has 0 radical (unpaired) electrons. The van der Waals surface area contributed by atoms with Gasteiger partial charge in [-0.1, -0.05) is 71.9 Å². The molecule has 45 nitrogen and oxygen atoms in total. The van der Waals surface area contributed by atoms with Crippen LogP contribution < -0.4 is 85.5 Å². The first-order valence-corrected chi connectivity index (χ1v) is 36.3. The van der Waals surface area contributed by atoms with Crippen LogP contribution in [0.5, 0.6) is 0 Å². The van der Waals surface area contributed by atoms with Crippen molar-refractivity contribution in [2.24, 2.45) is 23.5 Å². The van der Waals surface area contributed by atoms with E-state index < -0.39 is 284 Å². The van der Waals surface area contributed by atoms with E-state index >= 15 is 0 Å². The number of aliphatic hydroxyl groups excluding tert-OH is 3.